The first-order valence-electron chi connectivity index (χ1n) is 12.2. The molecule has 0 aliphatic carbocycles. The van der Waals surface area contributed by atoms with Crippen molar-refractivity contribution < 1.29 is 14.3 Å². The molecule has 0 bridgehead atoms. The van der Waals surface area contributed by atoms with E-state index in [1.165, 1.54) is 0 Å². The van der Waals surface area contributed by atoms with E-state index in [2.05, 4.69) is 17.4 Å². The van der Waals surface area contributed by atoms with Crippen LogP contribution in [-0.2, 0) is 4.79 Å². The summed E-state index contributed by atoms with van der Waals surface area (Å²) in [6, 6.07) is 34.3. The van der Waals surface area contributed by atoms with Gasteiger partial charge in [-0.2, -0.15) is 0 Å². The van der Waals surface area contributed by atoms with Gasteiger partial charge in [0, 0.05) is 23.5 Å². The molecular formula is C31H30N2O3. The summed E-state index contributed by atoms with van der Waals surface area (Å²) in [7, 11) is 0. The zero-order valence-corrected chi connectivity index (χ0v) is 20.6. The lowest BCUT2D eigenvalue weighted by Gasteiger charge is -2.21. The lowest BCUT2D eigenvalue weighted by atomic mass is 10.1. The zero-order chi connectivity index (χ0) is 25.3. The maximum absolute atomic E-state index is 13.0. The Hall–Kier alpha value is -4.38. The molecule has 0 saturated carbocycles. The normalized spacial score (nSPS) is 11.4. The fourth-order valence-corrected chi connectivity index (χ4v) is 3.97. The average Bonchev–Trinajstić information content (AvgIpc) is 2.94. The Morgan fingerprint density at radius 1 is 0.750 bits per heavy atom. The van der Waals surface area contributed by atoms with Crippen LogP contribution in [0.4, 0.5) is 11.4 Å². The molecular weight excluding hydrogens is 448 g/mol. The van der Waals surface area contributed by atoms with Crippen LogP contribution in [0.5, 0.6) is 5.75 Å². The number of ether oxygens (including phenoxy) is 1. The molecule has 182 valence electrons. The van der Waals surface area contributed by atoms with Crippen molar-refractivity contribution in [1.29, 1.82) is 0 Å². The van der Waals surface area contributed by atoms with Gasteiger partial charge in [0.1, 0.15) is 5.75 Å². The van der Waals surface area contributed by atoms with Crippen LogP contribution in [-0.4, -0.2) is 24.5 Å². The van der Waals surface area contributed by atoms with Crippen LogP contribution in [0, 0.1) is 0 Å². The minimum absolute atomic E-state index is 0.0877. The molecule has 4 aromatic rings. The lowest BCUT2D eigenvalue weighted by Crippen LogP contribution is -2.32. The first-order valence-corrected chi connectivity index (χ1v) is 12.2. The maximum Gasteiger partial charge on any atom is 0.265 e. The summed E-state index contributed by atoms with van der Waals surface area (Å²) in [6.45, 7) is 4.41. The number of amides is 2. The number of benzene rings is 4. The van der Waals surface area contributed by atoms with Gasteiger partial charge in [-0.1, -0.05) is 67.6 Å². The number of carbonyl (C=O) groups excluding carboxylic acids is 2. The van der Waals surface area contributed by atoms with Crippen LogP contribution in [0.2, 0.25) is 0 Å². The molecule has 1 atom stereocenters. The minimum atomic E-state index is -0.637. The van der Waals surface area contributed by atoms with Crippen molar-refractivity contribution in [3.05, 3.63) is 115 Å². The van der Waals surface area contributed by atoms with Gasteiger partial charge in [-0.05, 0) is 73.0 Å². The van der Waals surface area contributed by atoms with Gasteiger partial charge in [0.25, 0.3) is 11.8 Å². The molecule has 0 aliphatic heterocycles. The predicted molar refractivity (Wildman–Crippen MR) is 145 cm³/mol. The Morgan fingerprint density at radius 2 is 1.33 bits per heavy atom. The van der Waals surface area contributed by atoms with Crippen LogP contribution >= 0.6 is 0 Å². The SMILES string of the molecule is CCC(Oc1ccc(-c2ccccc2)cc1)C(=O)Nc1ccc(C(=O)N(CC)c2ccccc2)cc1. The van der Waals surface area contributed by atoms with Crippen molar-refractivity contribution in [2.75, 3.05) is 16.8 Å². The summed E-state index contributed by atoms with van der Waals surface area (Å²) >= 11 is 0. The van der Waals surface area contributed by atoms with Gasteiger partial charge < -0.3 is 15.0 Å². The average molecular weight is 479 g/mol. The third kappa shape index (κ3) is 5.99. The highest BCUT2D eigenvalue weighted by atomic mass is 16.5. The minimum Gasteiger partial charge on any atom is -0.481 e. The number of rotatable bonds is 9. The Balaban J connectivity index is 1.38. The van der Waals surface area contributed by atoms with E-state index < -0.39 is 6.10 Å². The number of para-hydroxylation sites is 1. The fourth-order valence-electron chi connectivity index (χ4n) is 3.97. The second-order valence-electron chi connectivity index (χ2n) is 8.36. The second-order valence-corrected chi connectivity index (χ2v) is 8.36. The number of carbonyl (C=O) groups is 2. The Labute approximate surface area is 212 Å². The number of nitrogens with zero attached hydrogens (tertiary/aromatic N) is 1. The Morgan fingerprint density at radius 3 is 1.92 bits per heavy atom. The first-order chi connectivity index (χ1) is 17.6. The van der Waals surface area contributed by atoms with Crippen LogP contribution < -0.4 is 15.0 Å². The number of anilines is 2. The number of hydrogen-bond acceptors (Lipinski definition) is 3. The van der Waals surface area contributed by atoms with Crippen molar-refractivity contribution in [3.63, 3.8) is 0 Å². The number of nitrogens with one attached hydrogen (secondary N) is 1. The molecule has 0 saturated heterocycles. The monoisotopic (exact) mass is 478 g/mol. The third-order valence-electron chi connectivity index (χ3n) is 5.93. The van der Waals surface area contributed by atoms with Gasteiger partial charge >= 0.3 is 0 Å². The van der Waals surface area contributed by atoms with E-state index in [4.69, 9.17) is 4.74 Å². The highest BCUT2D eigenvalue weighted by molar-refractivity contribution is 6.06. The van der Waals surface area contributed by atoms with Crippen LogP contribution in [0.1, 0.15) is 30.6 Å². The first kappa shape index (κ1) is 24.7. The van der Waals surface area contributed by atoms with Crippen molar-refractivity contribution in [2.45, 2.75) is 26.4 Å². The van der Waals surface area contributed by atoms with Gasteiger partial charge in [0.15, 0.2) is 6.10 Å². The van der Waals surface area contributed by atoms with Crippen molar-refractivity contribution >= 4 is 23.2 Å². The molecule has 1 N–H and O–H groups in total. The van der Waals surface area contributed by atoms with E-state index in [1.54, 1.807) is 29.2 Å². The van der Waals surface area contributed by atoms with Crippen molar-refractivity contribution in [1.82, 2.24) is 0 Å². The molecule has 0 radical (unpaired) electrons. The Bertz CT molecular complexity index is 1270. The largest absolute Gasteiger partial charge is 0.481 e. The van der Waals surface area contributed by atoms with Gasteiger partial charge in [-0.25, -0.2) is 0 Å². The molecule has 4 aromatic carbocycles. The summed E-state index contributed by atoms with van der Waals surface area (Å²) in [5.41, 5.74) is 4.23. The van der Waals surface area contributed by atoms with Crippen molar-refractivity contribution in [3.8, 4) is 16.9 Å². The summed E-state index contributed by atoms with van der Waals surface area (Å²) < 4.78 is 5.97. The standard InChI is InChI=1S/C31H30N2O3/c1-3-29(36-28-21-17-24(18-22-28)23-11-7-5-8-12-23)30(34)32-26-19-15-25(16-20-26)31(35)33(4-2)27-13-9-6-10-14-27/h5-22,29H,3-4H2,1-2H3,(H,32,34). The smallest absolute Gasteiger partial charge is 0.265 e. The molecule has 4 rings (SSSR count). The highest BCUT2D eigenvalue weighted by Gasteiger charge is 2.20. The summed E-state index contributed by atoms with van der Waals surface area (Å²) in [4.78, 5) is 27.6. The molecule has 5 nitrogen and oxygen atoms in total. The molecule has 2 amide bonds. The quantitative estimate of drug-likeness (QED) is 0.287. The van der Waals surface area contributed by atoms with E-state index in [0.29, 0.717) is 30.0 Å². The molecule has 0 aliphatic rings. The van der Waals surface area contributed by atoms with E-state index in [1.807, 2.05) is 86.6 Å². The Kier molecular flexibility index (Phi) is 8.14. The fraction of sp³-hybridized carbons (Fsp3) is 0.161. The van der Waals surface area contributed by atoms with Gasteiger partial charge in [0.05, 0.1) is 0 Å². The maximum atomic E-state index is 13.0. The molecule has 0 aromatic heterocycles. The van der Waals surface area contributed by atoms with Gasteiger partial charge in [0.2, 0.25) is 0 Å². The predicted octanol–water partition coefficient (Wildman–Crippen LogP) is 6.82. The van der Waals surface area contributed by atoms with E-state index in [9.17, 15) is 9.59 Å². The number of hydrogen-bond donors (Lipinski definition) is 1. The topological polar surface area (TPSA) is 58.6 Å². The molecule has 0 spiro atoms. The molecule has 5 heteroatoms. The van der Waals surface area contributed by atoms with E-state index >= 15 is 0 Å². The van der Waals surface area contributed by atoms with E-state index in [0.717, 1.165) is 16.8 Å². The van der Waals surface area contributed by atoms with E-state index in [-0.39, 0.29) is 11.8 Å². The van der Waals surface area contributed by atoms with Gasteiger partial charge in [-0.3, -0.25) is 9.59 Å². The van der Waals surface area contributed by atoms with Crippen LogP contribution in [0.15, 0.2) is 109 Å². The van der Waals surface area contributed by atoms with Crippen LogP contribution in [0.25, 0.3) is 11.1 Å². The summed E-state index contributed by atoms with van der Waals surface area (Å²) in [5.74, 6) is 0.316. The molecule has 36 heavy (non-hydrogen) atoms. The molecule has 1 unspecified atom stereocenters. The zero-order valence-electron chi connectivity index (χ0n) is 20.6. The summed E-state index contributed by atoms with van der Waals surface area (Å²) in [6.07, 6.45) is -0.117. The third-order valence-corrected chi connectivity index (χ3v) is 5.93. The highest BCUT2D eigenvalue weighted by Crippen LogP contribution is 2.24. The summed E-state index contributed by atoms with van der Waals surface area (Å²) in [5, 5.41) is 2.90. The molecule has 0 fully saturated rings. The van der Waals surface area contributed by atoms with Crippen LogP contribution in [0.3, 0.4) is 0 Å². The van der Waals surface area contributed by atoms with Gasteiger partial charge in [-0.15, -0.1) is 0 Å². The molecule has 0 heterocycles. The van der Waals surface area contributed by atoms with Crippen molar-refractivity contribution in [2.24, 2.45) is 0 Å². The second kappa shape index (κ2) is 11.8. The lowest BCUT2D eigenvalue weighted by molar-refractivity contribution is -0.122.